The largest absolute Gasteiger partial charge is 0.417 e. The summed E-state index contributed by atoms with van der Waals surface area (Å²) in [6.45, 7) is 4.27. The minimum Gasteiger partial charge on any atom is -0.382 e. The van der Waals surface area contributed by atoms with Gasteiger partial charge in [0.05, 0.1) is 24.5 Å². The van der Waals surface area contributed by atoms with Crippen molar-refractivity contribution in [3.05, 3.63) is 17.8 Å². The summed E-state index contributed by atoms with van der Waals surface area (Å²) in [5.41, 5.74) is 4.99. The fraction of sp³-hybridized carbons (Fsp3) is 0.583. The maximum atomic E-state index is 12.6. The van der Waals surface area contributed by atoms with Gasteiger partial charge in [0.25, 0.3) is 0 Å². The smallest absolute Gasteiger partial charge is 0.382 e. The topological polar surface area (TPSA) is 63.4 Å². The van der Waals surface area contributed by atoms with E-state index in [1.54, 1.807) is 0 Å². The molecule has 5 nitrogen and oxygen atoms in total. The minimum absolute atomic E-state index is 0.0694. The van der Waals surface area contributed by atoms with Gasteiger partial charge in [-0.2, -0.15) is 13.2 Å². The molecule has 2 heterocycles. The zero-order chi connectivity index (χ0) is 14.6. The number of nitrogens with two attached hydrogens (primary N) is 1. The Morgan fingerprint density at radius 3 is 2.70 bits per heavy atom. The van der Waals surface area contributed by atoms with Gasteiger partial charge in [-0.15, -0.1) is 0 Å². The van der Waals surface area contributed by atoms with E-state index >= 15 is 0 Å². The van der Waals surface area contributed by atoms with E-state index < -0.39 is 11.7 Å². The highest BCUT2D eigenvalue weighted by Crippen LogP contribution is 2.31. The third kappa shape index (κ3) is 3.97. The fourth-order valence-electron chi connectivity index (χ4n) is 1.95. The first-order valence-electron chi connectivity index (χ1n) is 6.33. The van der Waals surface area contributed by atoms with E-state index in [4.69, 9.17) is 10.5 Å². The molecule has 112 valence electrons. The highest BCUT2D eigenvalue weighted by molar-refractivity contribution is 5.62. The molecule has 0 saturated carbocycles. The van der Waals surface area contributed by atoms with Crippen LogP contribution in [0.4, 0.5) is 24.7 Å². The Morgan fingerprint density at radius 1 is 1.35 bits per heavy atom. The van der Waals surface area contributed by atoms with Crippen LogP contribution in [0.1, 0.15) is 5.56 Å². The third-order valence-electron chi connectivity index (χ3n) is 3.09. The quantitative estimate of drug-likeness (QED) is 0.878. The van der Waals surface area contributed by atoms with Crippen LogP contribution in [0.25, 0.3) is 0 Å². The molecule has 1 fully saturated rings. The predicted molar refractivity (Wildman–Crippen MR) is 69.4 cm³/mol. The first kappa shape index (κ1) is 14.9. The Balaban J connectivity index is 1.91. The molecule has 1 aromatic rings. The van der Waals surface area contributed by atoms with Gasteiger partial charge >= 0.3 is 6.18 Å². The number of nitrogens with one attached hydrogen (secondary N) is 1. The van der Waals surface area contributed by atoms with E-state index in [1.165, 1.54) is 0 Å². The minimum atomic E-state index is -4.42. The van der Waals surface area contributed by atoms with Crippen molar-refractivity contribution in [1.29, 1.82) is 0 Å². The number of rotatable bonds is 4. The molecule has 1 aliphatic rings. The van der Waals surface area contributed by atoms with E-state index in [-0.39, 0.29) is 11.5 Å². The van der Waals surface area contributed by atoms with Crippen molar-refractivity contribution in [3.8, 4) is 0 Å². The summed E-state index contributed by atoms with van der Waals surface area (Å²) in [5.74, 6) is 0.0694. The van der Waals surface area contributed by atoms with Crippen LogP contribution in [-0.2, 0) is 10.9 Å². The maximum Gasteiger partial charge on any atom is 0.417 e. The van der Waals surface area contributed by atoms with Gasteiger partial charge in [0, 0.05) is 32.4 Å². The van der Waals surface area contributed by atoms with Crippen LogP contribution in [0.5, 0.6) is 0 Å². The molecule has 2 rings (SSSR count). The van der Waals surface area contributed by atoms with Crippen molar-refractivity contribution in [2.24, 2.45) is 0 Å². The van der Waals surface area contributed by atoms with Crippen molar-refractivity contribution < 1.29 is 17.9 Å². The number of nitrogens with zero attached hydrogens (tertiary/aromatic N) is 2. The predicted octanol–water partition coefficient (Wildman–Crippen LogP) is 1.43. The maximum absolute atomic E-state index is 12.6. The molecule has 0 unspecified atom stereocenters. The summed E-state index contributed by atoms with van der Waals surface area (Å²) in [6, 6.07) is 0.988. The number of hydrogen-bond donors (Lipinski definition) is 2. The standard InChI is InChI=1S/C12H17F3N4O/c13-12(14,15)9-7-10(11(16)18-8-9)17-1-2-19-3-5-20-6-4-19/h7-8,17H,1-6H2,(H2,16,18). The lowest BCUT2D eigenvalue weighted by atomic mass is 10.2. The molecule has 0 aliphatic carbocycles. The van der Waals surface area contributed by atoms with Crippen LogP contribution in [0, 0.1) is 0 Å². The monoisotopic (exact) mass is 290 g/mol. The SMILES string of the molecule is Nc1ncc(C(F)(F)F)cc1NCCN1CCOCC1. The lowest BCUT2D eigenvalue weighted by Crippen LogP contribution is -2.39. The number of anilines is 2. The summed E-state index contributed by atoms with van der Waals surface area (Å²) in [7, 11) is 0. The second-order valence-electron chi connectivity index (χ2n) is 4.54. The van der Waals surface area contributed by atoms with Crippen molar-refractivity contribution in [3.63, 3.8) is 0 Å². The fourth-order valence-corrected chi connectivity index (χ4v) is 1.95. The van der Waals surface area contributed by atoms with Crippen molar-refractivity contribution in [2.75, 3.05) is 50.4 Å². The molecule has 0 spiro atoms. The van der Waals surface area contributed by atoms with Gasteiger partial charge in [-0.05, 0) is 6.07 Å². The van der Waals surface area contributed by atoms with Gasteiger partial charge in [-0.3, -0.25) is 4.90 Å². The van der Waals surface area contributed by atoms with Gasteiger partial charge in [0.2, 0.25) is 0 Å². The van der Waals surface area contributed by atoms with Crippen LogP contribution in [0.15, 0.2) is 12.3 Å². The Kier molecular flexibility index (Phi) is 4.66. The molecule has 1 aliphatic heterocycles. The van der Waals surface area contributed by atoms with E-state index in [9.17, 15) is 13.2 Å². The Labute approximate surface area is 114 Å². The van der Waals surface area contributed by atoms with Crippen molar-refractivity contribution in [2.45, 2.75) is 6.18 Å². The number of morpholine rings is 1. The van der Waals surface area contributed by atoms with Gasteiger partial charge in [-0.25, -0.2) is 4.98 Å². The van der Waals surface area contributed by atoms with Crippen molar-refractivity contribution >= 4 is 11.5 Å². The van der Waals surface area contributed by atoms with Gasteiger partial charge < -0.3 is 15.8 Å². The van der Waals surface area contributed by atoms with Crippen LogP contribution in [0.3, 0.4) is 0 Å². The summed E-state index contributed by atoms with van der Waals surface area (Å²) < 4.78 is 43.0. The molecule has 1 saturated heterocycles. The summed E-state index contributed by atoms with van der Waals surface area (Å²) in [6.07, 6.45) is -3.68. The highest BCUT2D eigenvalue weighted by atomic mass is 19.4. The zero-order valence-corrected chi connectivity index (χ0v) is 10.9. The second kappa shape index (κ2) is 6.27. The first-order chi connectivity index (χ1) is 9.47. The summed E-state index contributed by atoms with van der Waals surface area (Å²) in [5, 5.41) is 2.90. The highest BCUT2D eigenvalue weighted by Gasteiger charge is 2.31. The normalized spacial score (nSPS) is 17.1. The molecule has 3 N–H and O–H groups in total. The van der Waals surface area contributed by atoms with E-state index in [0.717, 1.165) is 31.9 Å². The van der Waals surface area contributed by atoms with Gasteiger partial charge in [0.1, 0.15) is 5.82 Å². The van der Waals surface area contributed by atoms with Crippen molar-refractivity contribution in [1.82, 2.24) is 9.88 Å². The molecule has 20 heavy (non-hydrogen) atoms. The number of nitrogen functional groups attached to an aromatic ring is 1. The van der Waals surface area contributed by atoms with E-state index in [2.05, 4.69) is 15.2 Å². The number of pyridine rings is 1. The molecule has 0 bridgehead atoms. The Hall–Kier alpha value is -1.54. The molecule has 0 amide bonds. The summed E-state index contributed by atoms with van der Waals surface area (Å²) >= 11 is 0. The van der Waals surface area contributed by atoms with E-state index in [1.807, 2.05) is 0 Å². The molecule has 0 radical (unpaired) electrons. The number of aromatic nitrogens is 1. The first-order valence-corrected chi connectivity index (χ1v) is 6.33. The van der Waals surface area contributed by atoms with Gasteiger partial charge in [0.15, 0.2) is 0 Å². The molecular formula is C12H17F3N4O. The number of hydrogen-bond acceptors (Lipinski definition) is 5. The second-order valence-corrected chi connectivity index (χ2v) is 4.54. The number of alkyl halides is 3. The lowest BCUT2D eigenvalue weighted by molar-refractivity contribution is -0.137. The van der Waals surface area contributed by atoms with Gasteiger partial charge in [-0.1, -0.05) is 0 Å². The molecule has 8 heteroatoms. The Bertz CT molecular complexity index is 447. The average molecular weight is 290 g/mol. The Morgan fingerprint density at radius 2 is 2.05 bits per heavy atom. The molecule has 0 atom stereocenters. The van der Waals surface area contributed by atoms with Crippen LogP contribution >= 0.6 is 0 Å². The molecule has 0 aromatic carbocycles. The third-order valence-corrected chi connectivity index (χ3v) is 3.09. The lowest BCUT2D eigenvalue weighted by Gasteiger charge is -2.26. The number of ether oxygens (including phenoxy) is 1. The molecular weight excluding hydrogens is 273 g/mol. The number of halogens is 3. The molecule has 1 aromatic heterocycles. The average Bonchev–Trinajstić information content (AvgIpc) is 2.41. The van der Waals surface area contributed by atoms with Crippen LogP contribution < -0.4 is 11.1 Å². The summed E-state index contributed by atoms with van der Waals surface area (Å²) in [4.78, 5) is 5.75. The van der Waals surface area contributed by atoms with Crippen LogP contribution in [-0.4, -0.2) is 49.3 Å². The van der Waals surface area contributed by atoms with Crippen LogP contribution in [0.2, 0.25) is 0 Å². The zero-order valence-electron chi connectivity index (χ0n) is 10.9. The van der Waals surface area contributed by atoms with E-state index in [0.29, 0.717) is 19.8 Å².